The molecular weight excluding hydrogens is 718 g/mol. The topological polar surface area (TPSA) is 278 Å². The van der Waals surface area contributed by atoms with Crippen LogP contribution in [-0.4, -0.2) is 147 Å². The number of hydrogen-bond donors (Lipinski definition) is 7. The Morgan fingerprint density at radius 3 is 1.45 bits per heavy atom. The third-order valence-electron chi connectivity index (χ3n) is 12.5. The van der Waals surface area contributed by atoms with Gasteiger partial charge in [0.1, 0.15) is 13.2 Å². The summed E-state index contributed by atoms with van der Waals surface area (Å²) in [7, 11) is 3.06. The number of carbonyl (C=O) groups excluding carboxylic acids is 6. The minimum absolute atomic E-state index is 0.104. The van der Waals surface area contributed by atoms with Gasteiger partial charge in [-0.25, -0.2) is 9.59 Å². The number of nitrogens with zero attached hydrogens (tertiary/aromatic N) is 2. The van der Waals surface area contributed by atoms with E-state index in [4.69, 9.17) is 30.4 Å². The van der Waals surface area contributed by atoms with E-state index in [1.54, 1.807) is 13.8 Å². The van der Waals surface area contributed by atoms with Crippen molar-refractivity contribution in [2.45, 2.75) is 62.3 Å². The van der Waals surface area contributed by atoms with Crippen LogP contribution in [-0.2, 0) is 38.1 Å². The lowest BCUT2D eigenvalue weighted by molar-refractivity contribution is -0.137. The first-order valence-electron chi connectivity index (χ1n) is 18.6. The van der Waals surface area contributed by atoms with Crippen molar-refractivity contribution in [3.05, 3.63) is 45.1 Å². The van der Waals surface area contributed by atoms with Crippen LogP contribution in [0.2, 0.25) is 0 Å². The highest BCUT2D eigenvalue weighted by Gasteiger charge is 2.74. The first-order chi connectivity index (χ1) is 26.3. The highest BCUT2D eigenvalue weighted by Crippen LogP contribution is 2.57. The molecule has 2 unspecified atom stereocenters. The summed E-state index contributed by atoms with van der Waals surface area (Å²) in [5.74, 6) is -2.61. The van der Waals surface area contributed by atoms with Crippen LogP contribution in [0.3, 0.4) is 0 Å². The molecule has 19 heteroatoms. The van der Waals surface area contributed by atoms with Crippen molar-refractivity contribution in [2.24, 2.45) is 23.3 Å². The van der Waals surface area contributed by atoms with Gasteiger partial charge in [0, 0.05) is 74.8 Å². The van der Waals surface area contributed by atoms with E-state index in [-0.39, 0.29) is 83.1 Å². The predicted octanol–water partition coefficient (Wildman–Crippen LogP) is -2.66. The molecule has 2 amide bonds. The molecule has 8 rings (SSSR count). The number of ether oxygens (including phenoxy) is 4. The Morgan fingerprint density at radius 2 is 1.09 bits per heavy atom. The van der Waals surface area contributed by atoms with Gasteiger partial charge in [0.15, 0.2) is 11.4 Å². The van der Waals surface area contributed by atoms with Crippen molar-refractivity contribution in [3.63, 3.8) is 0 Å². The van der Waals surface area contributed by atoms with Crippen molar-refractivity contribution >= 4 is 35.3 Å². The zero-order valence-corrected chi connectivity index (χ0v) is 31.2. The van der Waals surface area contributed by atoms with E-state index in [9.17, 15) is 28.8 Å². The number of hydrogen-bond acceptors (Lipinski definition) is 17. The number of Topliss-reactive ketones (excluding diaryl/α,β-unsaturated/α-hetero) is 4. The van der Waals surface area contributed by atoms with Gasteiger partial charge >= 0.3 is 12.2 Å². The first kappa shape index (κ1) is 37.1. The largest absolute Gasteiger partial charge is 0.449 e. The fraction of sp³-hybridized carbons (Fsp3) is 0.611. The minimum atomic E-state index is -1.04. The molecule has 2 aliphatic carbocycles. The number of primary amides is 2. The van der Waals surface area contributed by atoms with Crippen LogP contribution in [0.25, 0.3) is 0 Å². The molecule has 0 aromatic rings. The summed E-state index contributed by atoms with van der Waals surface area (Å²) < 4.78 is 22.4. The standard InChI is InChI=1S/C36H47N9O10/c1-15-23(29(48)21-17(13-54-33(37)50)35(52-3)31-19(42-31)11-44(35)25(21)27(15)46)40-9-5-7-39-8-6-10-41-24-16(2)28(47)26-22(30(24)49)18(14-55-34(38)51)36(53-4)32-20(43-32)12-45(26)36/h17-20,31-32,39-43H,5-14H2,1-4H3,(H2,37,50)(H2,38,51)/t17-,18-,19?,20?,31+,32+,35-,36-/m1/s1. The van der Waals surface area contributed by atoms with Crippen LogP contribution in [0.4, 0.5) is 9.59 Å². The quantitative estimate of drug-likeness (QED) is 0.0480. The van der Waals surface area contributed by atoms with Crippen molar-refractivity contribution in [1.29, 1.82) is 0 Å². The Balaban J connectivity index is 0.827. The highest BCUT2D eigenvalue weighted by atomic mass is 16.6. The number of methoxy groups -OCH3 is 2. The molecule has 8 aliphatic rings. The van der Waals surface area contributed by atoms with Crippen LogP contribution in [0.5, 0.6) is 0 Å². The number of amides is 2. The molecule has 0 aromatic carbocycles. The fourth-order valence-corrected chi connectivity index (χ4v) is 9.99. The lowest BCUT2D eigenvalue weighted by atomic mass is 9.82. The molecule has 6 aliphatic heterocycles. The number of piperazine rings is 2. The number of ketones is 4. The smallest absolute Gasteiger partial charge is 0.404 e. The molecule has 0 bridgehead atoms. The van der Waals surface area contributed by atoms with Gasteiger partial charge < -0.3 is 66.8 Å². The molecule has 19 nitrogen and oxygen atoms in total. The SMILES string of the molecule is CO[C@@]12[C@H](COC(N)=O)C3=C(C(=O)C(C)=C(NCCCNCCCNC4=C(C)C(=O)C5=C(C4=O)[C@@H](COC(N)=O)[C@@]4(OC)[C@H]6NC6CN54)C3=O)N1CC1N[C@@H]12. The van der Waals surface area contributed by atoms with Crippen molar-refractivity contribution in [1.82, 2.24) is 36.4 Å². The van der Waals surface area contributed by atoms with Gasteiger partial charge in [-0.3, -0.25) is 19.2 Å². The summed E-state index contributed by atoms with van der Waals surface area (Å²) in [5.41, 5.74) is 10.7. The van der Waals surface area contributed by atoms with E-state index < -0.39 is 35.5 Å². The lowest BCUT2D eigenvalue weighted by Crippen LogP contribution is -2.55. The monoisotopic (exact) mass is 765 g/mol. The van der Waals surface area contributed by atoms with Crippen LogP contribution in [0.15, 0.2) is 45.1 Å². The molecule has 0 radical (unpaired) electrons. The van der Waals surface area contributed by atoms with Crippen molar-refractivity contribution < 1.29 is 47.7 Å². The molecule has 8 atom stereocenters. The second-order valence-corrected chi connectivity index (χ2v) is 15.2. The predicted molar refractivity (Wildman–Crippen MR) is 190 cm³/mol. The van der Waals surface area contributed by atoms with Gasteiger partial charge in [0.05, 0.1) is 46.7 Å². The van der Waals surface area contributed by atoms with Gasteiger partial charge in [0.2, 0.25) is 23.1 Å². The molecule has 6 heterocycles. The number of carbonyl (C=O) groups is 6. The first-order valence-corrected chi connectivity index (χ1v) is 18.6. The van der Waals surface area contributed by atoms with Gasteiger partial charge in [-0.1, -0.05) is 0 Å². The Bertz CT molecular complexity index is 1790. The van der Waals surface area contributed by atoms with Crippen LogP contribution < -0.4 is 38.1 Å². The average Bonchev–Trinajstić information content (AvgIpc) is 3.99. The second kappa shape index (κ2) is 13.4. The van der Waals surface area contributed by atoms with Crippen molar-refractivity contribution in [2.75, 3.05) is 66.7 Å². The van der Waals surface area contributed by atoms with E-state index in [1.165, 1.54) is 14.2 Å². The van der Waals surface area contributed by atoms with E-state index in [2.05, 4.69) is 26.6 Å². The molecule has 4 saturated heterocycles. The van der Waals surface area contributed by atoms with Gasteiger partial charge in [-0.2, -0.15) is 0 Å². The molecule has 0 saturated carbocycles. The summed E-state index contributed by atoms with van der Waals surface area (Å²) in [6, 6.07) is -0.0445. The summed E-state index contributed by atoms with van der Waals surface area (Å²) in [4.78, 5) is 82.3. The minimum Gasteiger partial charge on any atom is -0.449 e. The maximum Gasteiger partial charge on any atom is 0.404 e. The molecular formula is C36H47N9O10. The molecule has 55 heavy (non-hydrogen) atoms. The number of nitrogens with two attached hydrogens (primary N) is 2. The van der Waals surface area contributed by atoms with Gasteiger partial charge in [-0.15, -0.1) is 0 Å². The Morgan fingerprint density at radius 1 is 0.691 bits per heavy atom. The summed E-state index contributed by atoms with van der Waals surface area (Å²) in [6.07, 6.45) is -0.693. The summed E-state index contributed by atoms with van der Waals surface area (Å²) >= 11 is 0. The van der Waals surface area contributed by atoms with Gasteiger partial charge in [0.25, 0.3) is 0 Å². The summed E-state index contributed by atoms with van der Waals surface area (Å²) in [5, 5.41) is 16.4. The number of rotatable bonds is 16. The van der Waals surface area contributed by atoms with Crippen molar-refractivity contribution in [3.8, 4) is 0 Å². The highest BCUT2D eigenvalue weighted by molar-refractivity contribution is 6.26. The number of allylic oxidation sites excluding steroid dienone is 4. The third-order valence-corrected chi connectivity index (χ3v) is 12.5. The van der Waals surface area contributed by atoms with Crippen LogP contribution in [0.1, 0.15) is 26.7 Å². The second-order valence-electron chi connectivity index (χ2n) is 15.2. The van der Waals surface area contributed by atoms with E-state index in [0.717, 1.165) is 0 Å². The molecule has 9 N–H and O–H groups in total. The van der Waals surface area contributed by atoms with E-state index >= 15 is 0 Å². The molecule has 4 fully saturated rings. The Kier molecular flexibility index (Phi) is 9.07. The number of nitrogens with one attached hydrogen (secondary N) is 5. The normalized spacial score (nSPS) is 33.8. The average molecular weight is 766 g/mol. The fourth-order valence-electron chi connectivity index (χ4n) is 9.99. The zero-order valence-electron chi connectivity index (χ0n) is 31.2. The van der Waals surface area contributed by atoms with Crippen LogP contribution in [0, 0.1) is 11.8 Å². The van der Waals surface area contributed by atoms with E-state index in [0.29, 0.717) is 74.7 Å². The lowest BCUT2D eigenvalue weighted by Gasteiger charge is -2.39. The third kappa shape index (κ3) is 5.34. The summed E-state index contributed by atoms with van der Waals surface area (Å²) in [6.45, 7) is 5.86. The van der Waals surface area contributed by atoms with E-state index in [1.807, 2.05) is 9.80 Å². The number of fused-ring (bicyclic) bond motifs is 8. The Labute approximate surface area is 316 Å². The molecule has 0 spiro atoms. The maximum absolute atomic E-state index is 14.0. The van der Waals surface area contributed by atoms with Gasteiger partial charge in [-0.05, 0) is 39.8 Å². The maximum atomic E-state index is 14.0. The molecule has 0 aromatic heterocycles. The Hall–Kier alpha value is -4.82. The zero-order chi connectivity index (χ0) is 39.1. The molecule has 296 valence electrons. The van der Waals surface area contributed by atoms with Crippen LogP contribution >= 0.6 is 0 Å².